The highest BCUT2D eigenvalue weighted by atomic mass is 32.2. The average Bonchev–Trinajstić information content (AvgIpc) is 2.34. The maximum Gasteiger partial charge on any atom is 0.240 e. The molecule has 0 radical (unpaired) electrons. The fourth-order valence-electron chi connectivity index (χ4n) is 1.54. The van der Waals surface area contributed by atoms with Gasteiger partial charge in [-0.1, -0.05) is 6.07 Å². The number of aryl methyl sites for hydroxylation is 1. The van der Waals surface area contributed by atoms with E-state index in [1.807, 2.05) is 13.8 Å². The minimum atomic E-state index is -3.46. The van der Waals surface area contributed by atoms with Crippen molar-refractivity contribution >= 4 is 10.0 Å². The summed E-state index contributed by atoms with van der Waals surface area (Å²) in [5.74, 6) is 0. The Kier molecular flexibility index (Phi) is 5.74. The molecule has 0 fully saturated rings. The minimum absolute atomic E-state index is 0.258. The highest BCUT2D eigenvalue weighted by Gasteiger charge is 2.14. The van der Waals surface area contributed by atoms with Gasteiger partial charge in [0.2, 0.25) is 10.0 Å². The SMILES string of the molecule is CCOCCNS(=O)(=O)c1ccc(CN)c(C)c1. The molecule has 0 heterocycles. The monoisotopic (exact) mass is 272 g/mol. The highest BCUT2D eigenvalue weighted by molar-refractivity contribution is 7.89. The maximum absolute atomic E-state index is 11.9. The van der Waals surface area contributed by atoms with Gasteiger partial charge in [-0.3, -0.25) is 0 Å². The topological polar surface area (TPSA) is 81.4 Å². The third-order valence-electron chi connectivity index (χ3n) is 2.59. The third kappa shape index (κ3) is 4.06. The third-order valence-corrected chi connectivity index (χ3v) is 4.05. The molecular formula is C12H20N2O3S. The van der Waals surface area contributed by atoms with Crippen molar-refractivity contribution < 1.29 is 13.2 Å². The lowest BCUT2D eigenvalue weighted by molar-refractivity contribution is 0.153. The van der Waals surface area contributed by atoms with Gasteiger partial charge in [0.05, 0.1) is 11.5 Å². The molecule has 6 heteroatoms. The average molecular weight is 272 g/mol. The number of hydrogen-bond donors (Lipinski definition) is 2. The van der Waals surface area contributed by atoms with Crippen LogP contribution in [0.25, 0.3) is 0 Å². The van der Waals surface area contributed by atoms with Crippen molar-refractivity contribution in [2.45, 2.75) is 25.3 Å². The van der Waals surface area contributed by atoms with Gasteiger partial charge in [-0.25, -0.2) is 13.1 Å². The van der Waals surface area contributed by atoms with Crippen LogP contribution in [0, 0.1) is 6.92 Å². The van der Waals surface area contributed by atoms with Crippen LogP contribution >= 0.6 is 0 Å². The van der Waals surface area contributed by atoms with Gasteiger partial charge in [0, 0.05) is 19.7 Å². The predicted molar refractivity (Wildman–Crippen MR) is 70.8 cm³/mol. The summed E-state index contributed by atoms with van der Waals surface area (Å²) in [7, 11) is -3.46. The van der Waals surface area contributed by atoms with Gasteiger partial charge in [-0.15, -0.1) is 0 Å². The Balaban J connectivity index is 2.76. The molecule has 0 aliphatic carbocycles. The zero-order valence-corrected chi connectivity index (χ0v) is 11.6. The van der Waals surface area contributed by atoms with Crippen LogP contribution in [0.4, 0.5) is 0 Å². The standard InChI is InChI=1S/C12H20N2O3S/c1-3-17-7-6-14-18(15,16)12-5-4-11(9-13)10(2)8-12/h4-5,8,14H,3,6-7,9,13H2,1-2H3. The largest absolute Gasteiger partial charge is 0.380 e. The summed E-state index contributed by atoms with van der Waals surface area (Å²) >= 11 is 0. The van der Waals surface area contributed by atoms with Crippen molar-refractivity contribution in [3.8, 4) is 0 Å². The van der Waals surface area contributed by atoms with Crippen molar-refractivity contribution in [3.63, 3.8) is 0 Å². The molecule has 0 amide bonds. The molecule has 0 unspecified atom stereocenters. The smallest absolute Gasteiger partial charge is 0.240 e. The maximum atomic E-state index is 11.9. The first-order chi connectivity index (χ1) is 8.51. The summed E-state index contributed by atoms with van der Waals surface area (Å²) in [5, 5.41) is 0. The number of ether oxygens (including phenoxy) is 1. The van der Waals surface area contributed by atoms with Crippen molar-refractivity contribution in [1.82, 2.24) is 4.72 Å². The first kappa shape index (κ1) is 15.1. The number of nitrogens with two attached hydrogens (primary N) is 1. The molecule has 5 nitrogen and oxygen atoms in total. The Bertz CT molecular complexity index is 486. The van der Waals surface area contributed by atoms with E-state index in [0.29, 0.717) is 19.8 Å². The van der Waals surface area contributed by atoms with Gasteiger partial charge in [-0.05, 0) is 37.1 Å². The Morgan fingerprint density at radius 1 is 1.39 bits per heavy atom. The summed E-state index contributed by atoms with van der Waals surface area (Å²) < 4.78 is 31.5. The quantitative estimate of drug-likeness (QED) is 0.718. The molecule has 0 saturated carbocycles. The molecule has 0 aliphatic rings. The molecule has 0 atom stereocenters. The predicted octanol–water partition coefficient (Wildman–Crippen LogP) is 0.769. The molecule has 0 spiro atoms. The minimum Gasteiger partial charge on any atom is -0.380 e. The summed E-state index contributed by atoms with van der Waals surface area (Å²) in [5.41, 5.74) is 7.37. The first-order valence-electron chi connectivity index (χ1n) is 5.88. The second-order valence-corrected chi connectivity index (χ2v) is 5.65. The Labute approximate surface area is 108 Å². The molecule has 1 rings (SSSR count). The Hall–Kier alpha value is -0.950. The van der Waals surface area contributed by atoms with E-state index in [1.54, 1.807) is 18.2 Å². The van der Waals surface area contributed by atoms with Gasteiger partial charge in [0.1, 0.15) is 0 Å². The van der Waals surface area contributed by atoms with Crippen LogP contribution in [-0.2, 0) is 21.3 Å². The van der Waals surface area contributed by atoms with Crippen molar-refractivity contribution in [2.75, 3.05) is 19.8 Å². The summed E-state index contributed by atoms with van der Waals surface area (Å²) in [4.78, 5) is 0.258. The number of hydrogen-bond acceptors (Lipinski definition) is 4. The molecule has 0 aliphatic heterocycles. The van der Waals surface area contributed by atoms with E-state index in [2.05, 4.69) is 4.72 Å². The fraction of sp³-hybridized carbons (Fsp3) is 0.500. The zero-order chi connectivity index (χ0) is 13.6. The molecule has 0 aromatic heterocycles. The van der Waals surface area contributed by atoms with Crippen LogP contribution in [-0.4, -0.2) is 28.2 Å². The van der Waals surface area contributed by atoms with E-state index in [0.717, 1.165) is 11.1 Å². The Morgan fingerprint density at radius 2 is 2.11 bits per heavy atom. The van der Waals surface area contributed by atoms with E-state index in [-0.39, 0.29) is 11.4 Å². The molecular weight excluding hydrogens is 252 g/mol. The summed E-state index contributed by atoms with van der Waals surface area (Å²) in [6.07, 6.45) is 0. The van der Waals surface area contributed by atoms with Crippen LogP contribution in [0.2, 0.25) is 0 Å². The molecule has 3 N–H and O–H groups in total. The molecule has 1 aromatic carbocycles. The van der Waals surface area contributed by atoms with Crippen molar-refractivity contribution in [3.05, 3.63) is 29.3 Å². The van der Waals surface area contributed by atoms with E-state index in [9.17, 15) is 8.42 Å². The Morgan fingerprint density at radius 3 is 2.67 bits per heavy atom. The van der Waals surface area contributed by atoms with Crippen molar-refractivity contribution in [2.24, 2.45) is 5.73 Å². The lowest BCUT2D eigenvalue weighted by atomic mass is 10.1. The van der Waals surface area contributed by atoms with Crippen LogP contribution in [0.5, 0.6) is 0 Å². The second kappa shape index (κ2) is 6.84. The second-order valence-electron chi connectivity index (χ2n) is 3.89. The van der Waals surface area contributed by atoms with E-state index >= 15 is 0 Å². The van der Waals surface area contributed by atoms with Gasteiger partial charge in [0.15, 0.2) is 0 Å². The van der Waals surface area contributed by atoms with Crippen LogP contribution < -0.4 is 10.5 Å². The van der Waals surface area contributed by atoms with Crippen molar-refractivity contribution in [1.29, 1.82) is 0 Å². The lowest BCUT2D eigenvalue weighted by Gasteiger charge is -2.09. The normalized spacial score (nSPS) is 11.7. The highest BCUT2D eigenvalue weighted by Crippen LogP contribution is 2.14. The van der Waals surface area contributed by atoms with Gasteiger partial charge >= 0.3 is 0 Å². The van der Waals surface area contributed by atoms with Gasteiger partial charge in [0.25, 0.3) is 0 Å². The molecule has 102 valence electrons. The zero-order valence-electron chi connectivity index (χ0n) is 10.8. The van der Waals surface area contributed by atoms with Gasteiger partial charge < -0.3 is 10.5 Å². The van der Waals surface area contributed by atoms with E-state index in [1.165, 1.54) is 0 Å². The van der Waals surface area contributed by atoms with Gasteiger partial charge in [-0.2, -0.15) is 0 Å². The number of rotatable bonds is 7. The van der Waals surface area contributed by atoms with Crippen LogP contribution in [0.15, 0.2) is 23.1 Å². The molecule has 18 heavy (non-hydrogen) atoms. The number of sulfonamides is 1. The van der Waals surface area contributed by atoms with E-state index in [4.69, 9.17) is 10.5 Å². The molecule has 0 bridgehead atoms. The van der Waals surface area contributed by atoms with E-state index < -0.39 is 10.0 Å². The summed E-state index contributed by atoms with van der Waals surface area (Å²) in [6.45, 7) is 5.34. The molecule has 0 saturated heterocycles. The number of nitrogens with one attached hydrogen (secondary N) is 1. The number of benzene rings is 1. The lowest BCUT2D eigenvalue weighted by Crippen LogP contribution is -2.27. The van der Waals surface area contributed by atoms with Crippen LogP contribution in [0.3, 0.4) is 0 Å². The molecule has 1 aromatic rings. The van der Waals surface area contributed by atoms with Crippen LogP contribution in [0.1, 0.15) is 18.1 Å². The fourth-order valence-corrected chi connectivity index (χ4v) is 2.64. The summed E-state index contributed by atoms with van der Waals surface area (Å²) in [6, 6.07) is 4.94. The first-order valence-corrected chi connectivity index (χ1v) is 7.36.